The van der Waals surface area contributed by atoms with Gasteiger partial charge in [-0.2, -0.15) is 9.41 Å². The van der Waals surface area contributed by atoms with Crippen molar-refractivity contribution in [1.82, 2.24) is 14.7 Å². The van der Waals surface area contributed by atoms with Gasteiger partial charge in [0.2, 0.25) is 10.0 Å². The molecule has 1 heterocycles. The number of hydrogen-bond donors (Lipinski definition) is 1. The van der Waals surface area contributed by atoms with Crippen LogP contribution >= 0.6 is 11.6 Å². The highest BCUT2D eigenvalue weighted by molar-refractivity contribution is 7.89. The van der Waals surface area contributed by atoms with Gasteiger partial charge in [0.1, 0.15) is 0 Å². The van der Waals surface area contributed by atoms with Crippen molar-refractivity contribution in [3.8, 4) is 0 Å². The largest absolute Gasteiger partial charge is 0.272 e. The van der Waals surface area contributed by atoms with Crippen LogP contribution in [0.2, 0.25) is 5.02 Å². The molecule has 7 nitrogen and oxygen atoms in total. The number of carbonyl (C=O) groups is 1. The second-order valence-corrected chi connectivity index (χ2v) is 8.98. The van der Waals surface area contributed by atoms with Crippen LogP contribution in [0.5, 0.6) is 0 Å². The van der Waals surface area contributed by atoms with Crippen molar-refractivity contribution >= 4 is 33.7 Å². The number of hydrazone groups is 1. The zero-order chi connectivity index (χ0) is 22.1. The summed E-state index contributed by atoms with van der Waals surface area (Å²) < 4.78 is 27.4. The Balaban J connectivity index is 1.73. The maximum Gasteiger partial charge on any atom is 0.255 e. The van der Waals surface area contributed by atoms with Crippen molar-refractivity contribution in [2.45, 2.75) is 11.3 Å². The Hall–Kier alpha value is -3.07. The number of halogens is 1. The number of benzene rings is 2. The van der Waals surface area contributed by atoms with Crippen molar-refractivity contribution in [1.29, 1.82) is 0 Å². The Morgan fingerprint density at radius 2 is 1.81 bits per heavy atom. The maximum atomic E-state index is 13.2. The normalized spacial score (nSPS) is 11.7. The molecular formula is C22H21ClN4O3S. The molecule has 0 aliphatic carbocycles. The van der Waals surface area contributed by atoms with Crippen LogP contribution in [0.25, 0.3) is 0 Å². The van der Waals surface area contributed by atoms with E-state index in [1.54, 1.807) is 24.5 Å². The number of nitrogens with one attached hydrogen (secondary N) is 1. The minimum Gasteiger partial charge on any atom is -0.272 e. The van der Waals surface area contributed by atoms with Crippen LogP contribution in [-0.4, -0.2) is 42.9 Å². The van der Waals surface area contributed by atoms with Crippen molar-refractivity contribution in [2.24, 2.45) is 5.10 Å². The van der Waals surface area contributed by atoms with Gasteiger partial charge in [-0.05, 0) is 42.3 Å². The monoisotopic (exact) mass is 456 g/mol. The number of rotatable bonds is 9. The highest BCUT2D eigenvalue weighted by Gasteiger charge is 2.26. The number of amides is 1. The van der Waals surface area contributed by atoms with E-state index in [4.69, 9.17) is 11.6 Å². The molecule has 9 heteroatoms. The zero-order valence-electron chi connectivity index (χ0n) is 16.6. The van der Waals surface area contributed by atoms with E-state index in [0.29, 0.717) is 17.0 Å². The van der Waals surface area contributed by atoms with Crippen LogP contribution in [0.15, 0.2) is 89.1 Å². The summed E-state index contributed by atoms with van der Waals surface area (Å²) >= 11 is 5.88. The lowest BCUT2D eigenvalue weighted by atomic mass is 10.1. The van der Waals surface area contributed by atoms with Crippen molar-refractivity contribution in [2.75, 3.05) is 13.1 Å². The van der Waals surface area contributed by atoms with Crippen LogP contribution in [0.4, 0.5) is 0 Å². The summed E-state index contributed by atoms with van der Waals surface area (Å²) in [5.74, 6) is -0.550. The second kappa shape index (κ2) is 10.8. The summed E-state index contributed by atoms with van der Waals surface area (Å²) in [6.45, 7) is -0.239. The molecule has 3 rings (SSSR count). The molecule has 160 valence electrons. The van der Waals surface area contributed by atoms with E-state index in [-0.39, 0.29) is 18.0 Å². The molecule has 1 amide bonds. The predicted octanol–water partition coefficient (Wildman–Crippen LogP) is 3.12. The first-order valence-electron chi connectivity index (χ1n) is 9.47. The number of hydrogen-bond acceptors (Lipinski definition) is 5. The highest BCUT2D eigenvalue weighted by atomic mass is 35.5. The van der Waals surface area contributed by atoms with E-state index in [2.05, 4.69) is 15.5 Å². The first-order chi connectivity index (χ1) is 14.9. The van der Waals surface area contributed by atoms with E-state index >= 15 is 0 Å². The van der Waals surface area contributed by atoms with Crippen molar-refractivity contribution in [3.05, 3.63) is 95.3 Å². The number of nitrogens with zero attached hydrogens (tertiary/aromatic N) is 3. The lowest BCUT2D eigenvalue weighted by Crippen LogP contribution is -2.40. The molecule has 0 saturated heterocycles. The van der Waals surface area contributed by atoms with E-state index in [0.717, 1.165) is 9.87 Å². The van der Waals surface area contributed by atoms with Gasteiger partial charge in [-0.25, -0.2) is 13.8 Å². The SMILES string of the molecule is O=C(CN(CCc1ccccc1)S(=O)(=O)c1ccc(Cl)cc1)NN=Cc1cccnc1. The van der Waals surface area contributed by atoms with Crippen LogP contribution in [0.3, 0.4) is 0 Å². The summed E-state index contributed by atoms with van der Waals surface area (Å²) in [7, 11) is -3.91. The Morgan fingerprint density at radius 3 is 2.48 bits per heavy atom. The van der Waals surface area contributed by atoms with Gasteiger partial charge in [-0.1, -0.05) is 48.0 Å². The second-order valence-electron chi connectivity index (χ2n) is 6.61. The van der Waals surface area contributed by atoms with Crippen LogP contribution in [0, 0.1) is 0 Å². The van der Waals surface area contributed by atoms with E-state index < -0.39 is 15.9 Å². The Bertz CT molecular complexity index is 1120. The summed E-state index contributed by atoms with van der Waals surface area (Å²) in [6, 6.07) is 18.8. The molecule has 0 bridgehead atoms. The Morgan fingerprint density at radius 1 is 1.06 bits per heavy atom. The van der Waals surface area contributed by atoms with Crippen LogP contribution < -0.4 is 5.43 Å². The van der Waals surface area contributed by atoms with E-state index in [1.807, 2.05) is 30.3 Å². The molecule has 3 aromatic rings. The summed E-state index contributed by atoms with van der Waals surface area (Å²) in [5, 5.41) is 4.30. The first-order valence-corrected chi connectivity index (χ1v) is 11.3. The molecule has 0 unspecified atom stereocenters. The molecule has 1 N–H and O–H groups in total. The minimum atomic E-state index is -3.91. The van der Waals surface area contributed by atoms with Gasteiger partial charge >= 0.3 is 0 Å². The molecule has 0 radical (unpaired) electrons. The number of pyridine rings is 1. The van der Waals surface area contributed by atoms with E-state index in [1.165, 1.54) is 30.5 Å². The summed E-state index contributed by atoms with van der Waals surface area (Å²) in [4.78, 5) is 16.4. The fraction of sp³-hybridized carbons (Fsp3) is 0.136. The zero-order valence-corrected chi connectivity index (χ0v) is 18.1. The number of aromatic nitrogens is 1. The average Bonchev–Trinajstić information content (AvgIpc) is 2.78. The molecule has 0 aliphatic heterocycles. The lowest BCUT2D eigenvalue weighted by molar-refractivity contribution is -0.121. The van der Waals surface area contributed by atoms with Gasteiger partial charge in [0.25, 0.3) is 5.91 Å². The average molecular weight is 457 g/mol. The molecule has 0 aliphatic rings. The quantitative estimate of drug-likeness (QED) is 0.395. The fourth-order valence-electron chi connectivity index (χ4n) is 2.76. The molecular weight excluding hydrogens is 436 g/mol. The van der Waals surface area contributed by atoms with Gasteiger partial charge in [0.05, 0.1) is 17.7 Å². The van der Waals surface area contributed by atoms with Gasteiger partial charge in [-0.15, -0.1) is 0 Å². The molecule has 31 heavy (non-hydrogen) atoms. The molecule has 0 fully saturated rings. The first kappa shape index (κ1) is 22.6. The van der Waals surface area contributed by atoms with Gasteiger partial charge < -0.3 is 0 Å². The summed E-state index contributed by atoms with van der Waals surface area (Å²) in [6.07, 6.45) is 5.11. The van der Waals surface area contributed by atoms with Crippen molar-refractivity contribution < 1.29 is 13.2 Å². The standard InChI is InChI=1S/C22H21ClN4O3S/c23-20-8-10-21(11-9-20)31(29,30)27(14-12-18-5-2-1-3-6-18)17-22(28)26-25-16-19-7-4-13-24-15-19/h1-11,13,15-16H,12,14,17H2,(H,26,28). The third-order valence-corrected chi connectivity index (χ3v) is 6.46. The summed E-state index contributed by atoms with van der Waals surface area (Å²) in [5.41, 5.74) is 4.04. The van der Waals surface area contributed by atoms with Crippen LogP contribution in [-0.2, 0) is 21.2 Å². The molecule has 2 aromatic carbocycles. The van der Waals surface area contributed by atoms with Gasteiger partial charge in [0.15, 0.2) is 0 Å². The smallest absolute Gasteiger partial charge is 0.255 e. The Kier molecular flexibility index (Phi) is 7.88. The van der Waals surface area contributed by atoms with Gasteiger partial charge in [-0.3, -0.25) is 9.78 Å². The maximum absolute atomic E-state index is 13.2. The number of sulfonamides is 1. The molecule has 0 saturated carbocycles. The van der Waals surface area contributed by atoms with Crippen LogP contribution in [0.1, 0.15) is 11.1 Å². The molecule has 1 aromatic heterocycles. The Labute approximate surface area is 186 Å². The van der Waals surface area contributed by atoms with Gasteiger partial charge in [0, 0.05) is 29.5 Å². The molecule has 0 atom stereocenters. The predicted molar refractivity (Wildman–Crippen MR) is 120 cm³/mol. The van der Waals surface area contributed by atoms with E-state index in [9.17, 15) is 13.2 Å². The van der Waals surface area contributed by atoms with Crippen molar-refractivity contribution in [3.63, 3.8) is 0 Å². The lowest BCUT2D eigenvalue weighted by Gasteiger charge is -2.21. The fourth-order valence-corrected chi connectivity index (χ4v) is 4.29. The number of carbonyl (C=O) groups excluding carboxylic acids is 1. The highest BCUT2D eigenvalue weighted by Crippen LogP contribution is 2.19. The topological polar surface area (TPSA) is 91.7 Å². The third-order valence-electron chi connectivity index (χ3n) is 4.35. The molecule has 0 spiro atoms. The minimum absolute atomic E-state index is 0.0663. The third kappa shape index (κ3) is 6.71.